The van der Waals surface area contributed by atoms with Gasteiger partial charge in [0, 0.05) is 5.54 Å². The lowest BCUT2D eigenvalue weighted by Gasteiger charge is -2.36. The largest absolute Gasteiger partial charge is 0.377 e. The van der Waals surface area contributed by atoms with E-state index in [1.54, 1.807) is 6.20 Å². The van der Waals surface area contributed by atoms with E-state index in [0.29, 0.717) is 5.69 Å². The van der Waals surface area contributed by atoms with Crippen molar-refractivity contribution in [1.82, 2.24) is 15.1 Å². The molecule has 0 aliphatic carbocycles. The van der Waals surface area contributed by atoms with Gasteiger partial charge in [0.1, 0.15) is 5.02 Å². The maximum absolute atomic E-state index is 12.1. The van der Waals surface area contributed by atoms with Gasteiger partial charge in [-0.3, -0.25) is 4.79 Å². The van der Waals surface area contributed by atoms with Crippen LogP contribution in [-0.4, -0.2) is 28.4 Å². The van der Waals surface area contributed by atoms with Gasteiger partial charge < -0.3 is 10.6 Å². The highest BCUT2D eigenvalue weighted by Crippen LogP contribution is 2.26. The van der Waals surface area contributed by atoms with E-state index in [0.717, 1.165) is 25.9 Å². The Hall–Kier alpha value is -1.07. The summed E-state index contributed by atoms with van der Waals surface area (Å²) in [6.45, 7) is 7.91. The zero-order valence-corrected chi connectivity index (χ0v) is 12.4. The second-order valence-corrected chi connectivity index (χ2v) is 6.03. The lowest BCUT2D eigenvalue weighted by Crippen LogP contribution is -2.45. The fraction of sp³-hybridized carbons (Fsp3) is 0.692. The minimum Gasteiger partial charge on any atom is -0.377 e. The zero-order valence-electron chi connectivity index (χ0n) is 11.7. The number of hydrogen-bond donors (Lipinski definition) is 2. The second-order valence-electron chi connectivity index (χ2n) is 5.65. The Kier molecular flexibility index (Phi) is 4.16. The van der Waals surface area contributed by atoms with Crippen molar-refractivity contribution in [2.45, 2.75) is 45.2 Å². The van der Waals surface area contributed by atoms with Crippen LogP contribution in [0, 0.1) is 0 Å². The highest BCUT2D eigenvalue weighted by atomic mass is 35.5. The van der Waals surface area contributed by atoms with Crippen LogP contribution in [0.5, 0.6) is 0 Å². The molecule has 0 bridgehead atoms. The molecule has 2 N–H and O–H groups in total. The number of hydrogen-bond acceptors (Lipinski definition) is 4. The summed E-state index contributed by atoms with van der Waals surface area (Å²) in [5.74, 6) is 0. The average Bonchev–Trinajstić information content (AvgIpc) is 2.35. The first-order chi connectivity index (χ1) is 8.93. The normalized spacial score (nSPS) is 18.6. The van der Waals surface area contributed by atoms with Crippen LogP contribution in [0.2, 0.25) is 5.02 Å². The van der Waals surface area contributed by atoms with Gasteiger partial charge in [-0.2, -0.15) is 5.10 Å². The molecular formula is C13H21ClN4O. The topological polar surface area (TPSA) is 59.0 Å². The van der Waals surface area contributed by atoms with Gasteiger partial charge in [0.05, 0.1) is 17.9 Å². The van der Waals surface area contributed by atoms with E-state index in [1.807, 2.05) is 13.8 Å². The molecule has 2 heterocycles. The molecule has 2 rings (SSSR count). The average molecular weight is 285 g/mol. The second kappa shape index (κ2) is 5.51. The molecule has 1 aliphatic heterocycles. The number of nitrogens with one attached hydrogen (secondary N) is 2. The Bertz CT molecular complexity index is 506. The third-order valence-corrected chi connectivity index (χ3v) is 3.94. The molecule has 0 saturated carbocycles. The van der Waals surface area contributed by atoms with E-state index in [2.05, 4.69) is 22.7 Å². The first-order valence-corrected chi connectivity index (χ1v) is 7.07. The van der Waals surface area contributed by atoms with Crippen molar-refractivity contribution < 1.29 is 0 Å². The summed E-state index contributed by atoms with van der Waals surface area (Å²) in [5, 5.41) is 11.1. The van der Waals surface area contributed by atoms with Gasteiger partial charge in [0.15, 0.2) is 0 Å². The Morgan fingerprint density at radius 2 is 2.11 bits per heavy atom. The summed E-state index contributed by atoms with van der Waals surface area (Å²) in [7, 11) is 0. The SMILES string of the molecule is CC(C)n1ncc(NC2(C)CCNCC2)c(Cl)c1=O. The zero-order chi connectivity index (χ0) is 14.0. The lowest BCUT2D eigenvalue weighted by molar-refractivity contribution is 0.364. The molecule has 0 spiro atoms. The highest BCUT2D eigenvalue weighted by molar-refractivity contribution is 6.32. The van der Waals surface area contributed by atoms with Crippen LogP contribution in [0.15, 0.2) is 11.0 Å². The van der Waals surface area contributed by atoms with Gasteiger partial charge in [-0.05, 0) is 46.7 Å². The van der Waals surface area contributed by atoms with Crippen molar-refractivity contribution in [3.63, 3.8) is 0 Å². The van der Waals surface area contributed by atoms with E-state index in [4.69, 9.17) is 11.6 Å². The number of aromatic nitrogens is 2. The standard InChI is InChI=1S/C13H21ClN4O/c1-9(2)18-12(19)11(14)10(8-16-18)17-13(3)4-6-15-7-5-13/h8-9,15,17H,4-7H2,1-3H3. The summed E-state index contributed by atoms with van der Waals surface area (Å²) in [6.07, 6.45) is 3.64. The van der Waals surface area contributed by atoms with Gasteiger partial charge in [-0.25, -0.2) is 4.68 Å². The molecule has 19 heavy (non-hydrogen) atoms. The first kappa shape index (κ1) is 14.3. The predicted octanol–water partition coefficient (Wildman–Crippen LogP) is 2.03. The molecule has 1 aliphatic rings. The molecule has 1 saturated heterocycles. The predicted molar refractivity (Wildman–Crippen MR) is 78.0 cm³/mol. The highest BCUT2D eigenvalue weighted by Gasteiger charge is 2.27. The Balaban J connectivity index is 2.26. The van der Waals surface area contributed by atoms with Crippen molar-refractivity contribution in [3.8, 4) is 0 Å². The van der Waals surface area contributed by atoms with Gasteiger partial charge >= 0.3 is 0 Å². The molecule has 106 valence electrons. The molecule has 1 aromatic heterocycles. The number of nitrogens with zero attached hydrogens (tertiary/aromatic N) is 2. The van der Waals surface area contributed by atoms with Crippen molar-refractivity contribution in [1.29, 1.82) is 0 Å². The number of piperidine rings is 1. The van der Waals surface area contributed by atoms with E-state index in [9.17, 15) is 4.79 Å². The summed E-state index contributed by atoms with van der Waals surface area (Å²) < 4.78 is 1.40. The molecule has 0 unspecified atom stereocenters. The van der Waals surface area contributed by atoms with Crippen LogP contribution in [-0.2, 0) is 0 Å². The molecule has 1 aromatic rings. The molecule has 0 radical (unpaired) electrons. The van der Waals surface area contributed by atoms with Crippen LogP contribution in [0.25, 0.3) is 0 Å². The summed E-state index contributed by atoms with van der Waals surface area (Å²) in [6, 6.07) is 0.00789. The molecule has 0 atom stereocenters. The third kappa shape index (κ3) is 3.09. The van der Waals surface area contributed by atoms with Gasteiger partial charge in [0.25, 0.3) is 5.56 Å². The third-order valence-electron chi connectivity index (χ3n) is 3.58. The first-order valence-electron chi connectivity index (χ1n) is 6.69. The van der Waals surface area contributed by atoms with Crippen LogP contribution >= 0.6 is 11.6 Å². The van der Waals surface area contributed by atoms with Crippen LogP contribution in [0.3, 0.4) is 0 Å². The summed E-state index contributed by atoms with van der Waals surface area (Å²) in [4.78, 5) is 12.1. The Labute approximate surface area is 118 Å². The van der Waals surface area contributed by atoms with E-state index < -0.39 is 0 Å². The molecule has 0 aromatic carbocycles. The molecule has 6 heteroatoms. The lowest BCUT2D eigenvalue weighted by atomic mass is 9.90. The van der Waals surface area contributed by atoms with Crippen molar-refractivity contribution in [2.24, 2.45) is 0 Å². The fourth-order valence-corrected chi connectivity index (χ4v) is 2.51. The van der Waals surface area contributed by atoms with E-state index >= 15 is 0 Å². The molecular weight excluding hydrogens is 264 g/mol. The van der Waals surface area contributed by atoms with Crippen LogP contribution in [0.1, 0.15) is 39.7 Å². The summed E-state index contributed by atoms with van der Waals surface area (Å²) >= 11 is 6.17. The van der Waals surface area contributed by atoms with Crippen molar-refractivity contribution in [2.75, 3.05) is 18.4 Å². The van der Waals surface area contributed by atoms with Gasteiger partial charge in [-0.15, -0.1) is 0 Å². The van der Waals surface area contributed by atoms with Crippen molar-refractivity contribution in [3.05, 3.63) is 21.6 Å². The van der Waals surface area contributed by atoms with Crippen LogP contribution < -0.4 is 16.2 Å². The van der Waals surface area contributed by atoms with E-state index in [-0.39, 0.29) is 22.2 Å². The van der Waals surface area contributed by atoms with E-state index in [1.165, 1.54) is 4.68 Å². The smallest absolute Gasteiger partial charge is 0.287 e. The summed E-state index contributed by atoms with van der Waals surface area (Å²) in [5.41, 5.74) is 0.361. The maximum atomic E-state index is 12.1. The Morgan fingerprint density at radius 3 is 2.68 bits per heavy atom. The number of halogens is 1. The number of anilines is 1. The minimum absolute atomic E-state index is 0.00789. The fourth-order valence-electron chi connectivity index (χ4n) is 2.33. The monoisotopic (exact) mass is 284 g/mol. The minimum atomic E-state index is -0.237. The van der Waals surface area contributed by atoms with Crippen LogP contribution in [0.4, 0.5) is 5.69 Å². The van der Waals surface area contributed by atoms with Gasteiger partial charge in [0.2, 0.25) is 0 Å². The van der Waals surface area contributed by atoms with Gasteiger partial charge in [-0.1, -0.05) is 11.6 Å². The number of rotatable bonds is 3. The molecule has 0 amide bonds. The maximum Gasteiger partial charge on any atom is 0.287 e. The Morgan fingerprint density at radius 1 is 1.47 bits per heavy atom. The quantitative estimate of drug-likeness (QED) is 0.892. The molecule has 5 nitrogen and oxygen atoms in total. The van der Waals surface area contributed by atoms with Crippen molar-refractivity contribution >= 4 is 17.3 Å². The molecule has 1 fully saturated rings.